The molecule has 0 atom stereocenters. The fourth-order valence-corrected chi connectivity index (χ4v) is 5.30. The van der Waals surface area contributed by atoms with Crippen LogP contribution >= 0.6 is 0 Å². The van der Waals surface area contributed by atoms with Gasteiger partial charge in [-0.15, -0.1) is 0 Å². The maximum atomic E-state index is 12.2. The van der Waals surface area contributed by atoms with E-state index in [9.17, 15) is 13.7 Å². The summed E-state index contributed by atoms with van der Waals surface area (Å²) in [5.41, 5.74) is 2.54. The molecule has 0 amide bonds. The van der Waals surface area contributed by atoms with Crippen LogP contribution in [0.4, 0.5) is 5.82 Å². The number of aromatic amines is 1. The molecular weight excluding hydrogens is 386 g/mol. The molecular formula is C21H29N5O2S. The number of aliphatic imine (C=N–C) groups is 1. The molecule has 7 nitrogen and oxygen atoms in total. The van der Waals surface area contributed by atoms with Gasteiger partial charge in [-0.25, -0.2) is 13.4 Å². The summed E-state index contributed by atoms with van der Waals surface area (Å²) in [6, 6.07) is 4.25. The molecule has 1 aromatic rings. The van der Waals surface area contributed by atoms with E-state index in [0.717, 1.165) is 48.3 Å². The summed E-state index contributed by atoms with van der Waals surface area (Å²) < 4.78 is 26.0. The molecule has 2 aliphatic rings. The first-order valence-corrected chi connectivity index (χ1v) is 11.7. The van der Waals surface area contributed by atoms with Gasteiger partial charge in [-0.2, -0.15) is 9.57 Å². The summed E-state index contributed by atoms with van der Waals surface area (Å²) in [7, 11) is -3.24. The maximum Gasteiger partial charge on any atom is 0.213 e. The SMILES string of the molecule is C=C(C1=CN(C2(CC#N)CN(S(=O)(=O)CC)C2)CCCC1)c1cc[nH]c1N=CC. The van der Waals surface area contributed by atoms with Gasteiger partial charge in [0.2, 0.25) is 10.0 Å². The highest BCUT2D eigenvalue weighted by molar-refractivity contribution is 7.89. The van der Waals surface area contributed by atoms with Crippen LogP contribution in [0.1, 0.15) is 45.1 Å². The van der Waals surface area contributed by atoms with Crippen LogP contribution in [0.2, 0.25) is 0 Å². The maximum absolute atomic E-state index is 12.2. The lowest BCUT2D eigenvalue weighted by atomic mass is 9.86. The van der Waals surface area contributed by atoms with Gasteiger partial charge in [0.1, 0.15) is 5.82 Å². The standard InChI is InChI=1S/C21H29N5O2S/c1-4-23-20-19(9-12-24-20)17(3)18-8-6-7-13-25(14-18)21(10-11-22)15-26(16-21)29(27,28)5-2/h4,9,12,14,24H,3,5-8,10,13,15-16H2,1-2H3. The number of allylic oxidation sites excluding steroid dienone is 2. The van der Waals surface area contributed by atoms with Crippen LogP contribution in [0, 0.1) is 11.3 Å². The second-order valence-corrected chi connectivity index (χ2v) is 9.90. The molecule has 0 spiro atoms. The predicted molar refractivity (Wildman–Crippen MR) is 116 cm³/mol. The van der Waals surface area contributed by atoms with E-state index in [4.69, 9.17) is 0 Å². The summed E-state index contributed by atoms with van der Waals surface area (Å²) >= 11 is 0. The van der Waals surface area contributed by atoms with Gasteiger partial charge in [0, 0.05) is 43.8 Å². The van der Waals surface area contributed by atoms with Gasteiger partial charge in [-0.05, 0) is 50.3 Å². The Morgan fingerprint density at radius 1 is 1.45 bits per heavy atom. The lowest BCUT2D eigenvalue weighted by Crippen LogP contribution is -2.70. The van der Waals surface area contributed by atoms with E-state index in [2.05, 4.69) is 33.7 Å². The molecule has 0 radical (unpaired) electrons. The van der Waals surface area contributed by atoms with E-state index >= 15 is 0 Å². The first-order chi connectivity index (χ1) is 13.9. The van der Waals surface area contributed by atoms with Gasteiger partial charge < -0.3 is 9.88 Å². The first kappa shape index (κ1) is 21.3. The molecule has 29 heavy (non-hydrogen) atoms. The smallest absolute Gasteiger partial charge is 0.213 e. The molecule has 0 saturated carbocycles. The van der Waals surface area contributed by atoms with Crippen molar-refractivity contribution in [2.24, 2.45) is 4.99 Å². The topological polar surface area (TPSA) is 92.6 Å². The molecule has 0 bridgehead atoms. The molecule has 0 unspecified atom stereocenters. The molecule has 0 aliphatic carbocycles. The van der Waals surface area contributed by atoms with Crippen molar-refractivity contribution >= 4 is 27.6 Å². The van der Waals surface area contributed by atoms with Crippen molar-refractivity contribution in [3.8, 4) is 6.07 Å². The van der Waals surface area contributed by atoms with E-state index in [1.807, 2.05) is 19.2 Å². The Balaban J connectivity index is 1.89. The monoisotopic (exact) mass is 415 g/mol. The van der Waals surface area contributed by atoms with Gasteiger partial charge in [0.05, 0.1) is 23.8 Å². The zero-order valence-corrected chi connectivity index (χ0v) is 18.0. The minimum absolute atomic E-state index is 0.0851. The second kappa shape index (κ2) is 8.56. The van der Waals surface area contributed by atoms with Crippen molar-refractivity contribution in [3.05, 3.63) is 36.2 Å². The highest BCUT2D eigenvalue weighted by Crippen LogP contribution is 2.38. The lowest BCUT2D eigenvalue weighted by molar-refractivity contribution is 0.0232. The minimum atomic E-state index is -3.24. The van der Waals surface area contributed by atoms with Gasteiger partial charge in [0.15, 0.2) is 0 Å². The van der Waals surface area contributed by atoms with Crippen molar-refractivity contribution in [1.29, 1.82) is 5.26 Å². The number of nitrogens with one attached hydrogen (secondary N) is 1. The zero-order valence-electron chi connectivity index (χ0n) is 17.2. The third-order valence-electron chi connectivity index (χ3n) is 5.82. The zero-order chi connectivity index (χ0) is 21.1. The highest BCUT2D eigenvalue weighted by atomic mass is 32.2. The fraction of sp³-hybridized carbons (Fsp3) is 0.524. The third-order valence-corrected chi connectivity index (χ3v) is 7.59. The van der Waals surface area contributed by atoms with E-state index in [1.165, 1.54) is 4.31 Å². The lowest BCUT2D eigenvalue weighted by Gasteiger charge is -2.54. The largest absolute Gasteiger partial charge is 0.368 e. The fourth-order valence-electron chi connectivity index (χ4n) is 4.06. The van der Waals surface area contributed by atoms with Crippen LogP contribution in [0.3, 0.4) is 0 Å². The van der Waals surface area contributed by atoms with E-state index < -0.39 is 15.6 Å². The van der Waals surface area contributed by atoms with Crippen LogP contribution < -0.4 is 0 Å². The number of nitrogens with zero attached hydrogens (tertiary/aromatic N) is 4. The molecule has 156 valence electrons. The molecule has 8 heteroatoms. The molecule has 0 aromatic carbocycles. The van der Waals surface area contributed by atoms with Crippen molar-refractivity contribution in [3.63, 3.8) is 0 Å². The number of sulfonamides is 1. The molecule has 2 aliphatic heterocycles. The Kier molecular flexibility index (Phi) is 6.30. The van der Waals surface area contributed by atoms with Crippen molar-refractivity contribution in [1.82, 2.24) is 14.2 Å². The number of nitriles is 1. The predicted octanol–water partition coefficient (Wildman–Crippen LogP) is 3.44. The number of hydrogen-bond donors (Lipinski definition) is 1. The highest BCUT2D eigenvalue weighted by Gasteiger charge is 2.50. The summed E-state index contributed by atoms with van der Waals surface area (Å²) in [4.78, 5) is 9.71. The Hall–Kier alpha value is -2.37. The van der Waals surface area contributed by atoms with Crippen LogP contribution in [0.15, 0.2) is 35.6 Å². The Bertz CT molecular complexity index is 961. The van der Waals surface area contributed by atoms with Crippen molar-refractivity contribution in [2.45, 2.75) is 45.1 Å². The summed E-state index contributed by atoms with van der Waals surface area (Å²) in [5.74, 6) is 0.867. The van der Waals surface area contributed by atoms with Gasteiger partial charge in [-0.1, -0.05) is 6.58 Å². The van der Waals surface area contributed by atoms with Crippen LogP contribution in [-0.2, 0) is 10.0 Å². The van der Waals surface area contributed by atoms with Crippen molar-refractivity contribution < 1.29 is 8.42 Å². The molecule has 3 rings (SSSR count). The normalized spacial score (nSPS) is 20.0. The van der Waals surface area contributed by atoms with Crippen molar-refractivity contribution in [2.75, 3.05) is 25.4 Å². The van der Waals surface area contributed by atoms with E-state index in [0.29, 0.717) is 19.5 Å². The van der Waals surface area contributed by atoms with Gasteiger partial charge in [-0.3, -0.25) is 0 Å². The number of hydrogen-bond acceptors (Lipinski definition) is 5. The average Bonchev–Trinajstić information content (AvgIpc) is 2.98. The Morgan fingerprint density at radius 2 is 2.21 bits per heavy atom. The second-order valence-electron chi connectivity index (χ2n) is 7.64. The Morgan fingerprint density at radius 3 is 2.86 bits per heavy atom. The molecule has 3 heterocycles. The quantitative estimate of drug-likeness (QED) is 0.691. The van der Waals surface area contributed by atoms with Crippen LogP contribution in [0.5, 0.6) is 0 Å². The molecule has 1 aromatic heterocycles. The minimum Gasteiger partial charge on any atom is -0.368 e. The van der Waals surface area contributed by atoms with Crippen LogP contribution in [0.25, 0.3) is 5.57 Å². The molecule has 1 fully saturated rings. The average molecular weight is 416 g/mol. The third kappa shape index (κ3) is 4.16. The number of aromatic nitrogens is 1. The summed E-state index contributed by atoms with van der Waals surface area (Å²) in [6.07, 6.45) is 8.93. The first-order valence-electron chi connectivity index (χ1n) is 10.0. The number of rotatable bonds is 7. The number of H-pyrrole nitrogens is 1. The van der Waals surface area contributed by atoms with Gasteiger partial charge >= 0.3 is 0 Å². The summed E-state index contributed by atoms with van der Waals surface area (Å²) in [6.45, 7) is 9.38. The van der Waals surface area contributed by atoms with E-state index in [-0.39, 0.29) is 5.75 Å². The Labute approximate surface area is 173 Å². The molecule has 1 N–H and O–H groups in total. The van der Waals surface area contributed by atoms with E-state index in [1.54, 1.807) is 13.1 Å². The van der Waals surface area contributed by atoms with Gasteiger partial charge in [0.25, 0.3) is 0 Å². The van der Waals surface area contributed by atoms with Crippen LogP contribution in [-0.4, -0.2) is 59.7 Å². The molecule has 1 saturated heterocycles. The summed E-state index contributed by atoms with van der Waals surface area (Å²) in [5, 5.41) is 9.43.